The molecule has 5 heterocycles. The molecule has 0 aliphatic carbocycles. The number of carboxylic acids is 2. The second kappa shape index (κ2) is 16.9. The predicted molar refractivity (Wildman–Crippen MR) is 175 cm³/mol. The molecule has 0 saturated carbocycles. The summed E-state index contributed by atoms with van der Waals surface area (Å²) in [5.41, 5.74) is 13.3. The molecule has 0 spiro atoms. The van der Waals surface area contributed by atoms with Crippen LogP contribution in [-0.4, -0.2) is 31.9 Å². The third-order valence-corrected chi connectivity index (χ3v) is 8.20. The Balaban J connectivity index is 0.000000969. The number of aromatic nitrogens is 4. The predicted octanol–water partition coefficient (Wildman–Crippen LogP) is 5.26. The van der Waals surface area contributed by atoms with Gasteiger partial charge >= 0.3 is 50.7 Å². The fourth-order valence-electron chi connectivity index (χ4n) is 5.76. The molecule has 250 valence electrons. The van der Waals surface area contributed by atoms with Gasteiger partial charge in [0.15, 0.2) is 0 Å². The van der Waals surface area contributed by atoms with E-state index in [1.165, 1.54) is 0 Å². The summed E-state index contributed by atoms with van der Waals surface area (Å²) in [6, 6.07) is 7.78. The topological polar surface area (TPSA) is 196 Å². The number of nitrogens with zero attached hydrogens (tertiary/aromatic N) is 4. The molecule has 2 N–H and O–H groups in total. The number of aryl methyl sites for hydroxylation is 3. The van der Waals surface area contributed by atoms with Crippen molar-refractivity contribution in [2.45, 2.75) is 53.4 Å². The van der Waals surface area contributed by atoms with Crippen LogP contribution in [0.25, 0.3) is 50.4 Å². The molecule has 5 rings (SSSR count). The Kier molecular flexibility index (Phi) is 13.3. The van der Waals surface area contributed by atoms with E-state index in [0.717, 1.165) is 72.5 Å². The maximum absolute atomic E-state index is 11.4. The SMILES string of the molecule is C=CC1=C(C)c2cc3[nH]c(cc4nc(cc5[nH]c(cc1n2)c(C)c5CCC(=O)[O-])C(CCC(=O)[O-])=C4C)c(C)c3C=C.O=[N][Fe+].O=[N][Fe+]. The molecule has 0 amide bonds. The van der Waals surface area contributed by atoms with Crippen LogP contribution in [0.2, 0.25) is 0 Å². The van der Waals surface area contributed by atoms with Crippen molar-refractivity contribution in [2.75, 3.05) is 0 Å². The molecule has 0 unspecified atom stereocenters. The first-order valence-electron chi connectivity index (χ1n) is 14.5. The number of nitroso groups, excluding NO2 is 2. The van der Waals surface area contributed by atoms with Gasteiger partial charge in [-0.2, -0.15) is 0 Å². The Labute approximate surface area is 293 Å². The molecule has 8 bridgehead atoms. The Morgan fingerprint density at radius 1 is 0.729 bits per heavy atom. The second-order valence-corrected chi connectivity index (χ2v) is 11.2. The number of hydrogen-bond donors (Lipinski definition) is 2. The Morgan fingerprint density at radius 2 is 1.21 bits per heavy atom. The van der Waals surface area contributed by atoms with Gasteiger partial charge in [0, 0.05) is 45.1 Å². The van der Waals surface area contributed by atoms with E-state index in [0.29, 0.717) is 16.9 Å². The van der Waals surface area contributed by atoms with Crippen molar-refractivity contribution in [3.63, 3.8) is 0 Å². The average molecular weight is 732 g/mol. The summed E-state index contributed by atoms with van der Waals surface area (Å²) in [4.78, 5) is 56.6. The average Bonchev–Trinajstić information content (AvgIpc) is 3.68. The van der Waals surface area contributed by atoms with Crippen molar-refractivity contribution in [2.24, 2.45) is 8.39 Å². The number of aliphatic carboxylic acids is 2. The zero-order chi connectivity index (χ0) is 35.7. The Hall–Kier alpha value is -4.74. The van der Waals surface area contributed by atoms with Gasteiger partial charge in [-0.05, 0) is 111 Å². The van der Waals surface area contributed by atoms with Crippen LogP contribution in [-0.2, 0) is 48.5 Å². The summed E-state index contributed by atoms with van der Waals surface area (Å²) in [5, 5.41) is 22.8. The summed E-state index contributed by atoms with van der Waals surface area (Å²) < 4.78 is 4.00. The fraction of sp³-hybridized carbons (Fsp3) is 0.235. The summed E-state index contributed by atoms with van der Waals surface area (Å²) in [6.07, 6.45) is 3.81. The van der Waals surface area contributed by atoms with Crippen LogP contribution in [0.4, 0.5) is 0 Å². The molecule has 0 saturated heterocycles. The van der Waals surface area contributed by atoms with Crippen LogP contribution in [0.5, 0.6) is 0 Å². The number of carbonyl (C=O) groups is 2. The van der Waals surface area contributed by atoms with Gasteiger partial charge in [0.1, 0.15) is 0 Å². The van der Waals surface area contributed by atoms with Crippen molar-refractivity contribution < 1.29 is 52.3 Å². The molecule has 3 aromatic rings. The van der Waals surface area contributed by atoms with E-state index < -0.39 is 11.9 Å². The number of allylic oxidation sites excluding steroid dienone is 5. The minimum atomic E-state index is -1.14. The van der Waals surface area contributed by atoms with E-state index in [1.807, 2.05) is 66.4 Å². The van der Waals surface area contributed by atoms with E-state index in [1.54, 1.807) is 6.08 Å². The summed E-state index contributed by atoms with van der Waals surface area (Å²) in [5.74, 6) is -2.28. The molecule has 48 heavy (non-hydrogen) atoms. The third kappa shape index (κ3) is 8.39. The van der Waals surface area contributed by atoms with Crippen LogP contribution in [0.3, 0.4) is 0 Å². The number of carbonyl (C=O) groups excluding carboxylic acids is 2. The number of carboxylic acid groups (broad SMARTS) is 2. The number of aromatic amines is 2. The number of H-pyrrole nitrogens is 2. The van der Waals surface area contributed by atoms with Gasteiger partial charge in [-0.3, -0.25) is 0 Å². The van der Waals surface area contributed by atoms with E-state index >= 15 is 0 Å². The fourth-order valence-corrected chi connectivity index (χ4v) is 5.76. The third-order valence-electron chi connectivity index (χ3n) is 8.20. The van der Waals surface area contributed by atoms with Crippen molar-refractivity contribution in [1.29, 1.82) is 0 Å². The van der Waals surface area contributed by atoms with Gasteiger partial charge in [0.2, 0.25) is 0 Å². The Morgan fingerprint density at radius 3 is 1.79 bits per heavy atom. The molecular weight excluding hydrogens is 700 g/mol. The van der Waals surface area contributed by atoms with Gasteiger partial charge in [-0.25, -0.2) is 9.97 Å². The molecular formula is C34H32Fe2N6O6. The molecule has 0 radical (unpaired) electrons. The molecule has 2 aliphatic rings. The number of fused-ring (bicyclic) bond motifs is 8. The molecule has 14 heteroatoms. The second-order valence-electron chi connectivity index (χ2n) is 10.8. The first kappa shape index (κ1) is 37.7. The maximum atomic E-state index is 11.4. The van der Waals surface area contributed by atoms with E-state index in [2.05, 4.69) is 55.6 Å². The first-order chi connectivity index (χ1) is 22.8. The van der Waals surface area contributed by atoms with Crippen molar-refractivity contribution >= 4 is 62.4 Å². The molecule has 2 aliphatic heterocycles. The van der Waals surface area contributed by atoms with Crippen LogP contribution in [0.1, 0.15) is 78.1 Å². The van der Waals surface area contributed by atoms with Crippen molar-refractivity contribution in [3.8, 4) is 0 Å². The van der Waals surface area contributed by atoms with Gasteiger partial charge in [0.25, 0.3) is 0 Å². The van der Waals surface area contributed by atoms with Crippen LogP contribution in [0.15, 0.2) is 51.9 Å². The number of nitrogens with one attached hydrogen (secondary N) is 2. The Bertz CT molecular complexity index is 2030. The van der Waals surface area contributed by atoms with E-state index in [-0.39, 0.29) is 25.7 Å². The first-order valence-corrected chi connectivity index (χ1v) is 15.5. The zero-order valence-electron chi connectivity index (χ0n) is 26.7. The van der Waals surface area contributed by atoms with Crippen molar-refractivity contribution in [1.82, 2.24) is 19.9 Å². The van der Waals surface area contributed by atoms with Crippen LogP contribution in [0, 0.1) is 23.7 Å². The van der Waals surface area contributed by atoms with Gasteiger partial charge in [-0.15, -0.1) is 0 Å². The molecule has 0 aromatic carbocycles. The molecule has 0 fully saturated rings. The normalized spacial score (nSPS) is 12.0. The van der Waals surface area contributed by atoms with Crippen molar-refractivity contribution in [3.05, 3.63) is 98.3 Å². The van der Waals surface area contributed by atoms with Gasteiger partial charge in [0.05, 0.1) is 22.8 Å². The van der Waals surface area contributed by atoms with Crippen LogP contribution >= 0.6 is 0 Å². The molecule has 12 nitrogen and oxygen atoms in total. The summed E-state index contributed by atoms with van der Waals surface area (Å²) in [7, 11) is 0. The van der Waals surface area contributed by atoms with Gasteiger partial charge in [-0.1, -0.05) is 25.3 Å². The summed E-state index contributed by atoms with van der Waals surface area (Å²) in [6.45, 7) is 15.9. The van der Waals surface area contributed by atoms with Gasteiger partial charge < -0.3 is 29.8 Å². The monoisotopic (exact) mass is 732 g/mol. The molecule has 3 aromatic heterocycles. The standard InChI is InChI=1S/C34H34N4O4.2Fe.2NO/c1-7-21-17(3)25-13-26-19(5)23(9-11-33(39)40)31(37-26)16-32-24(10-12-34(41)42)20(6)28(38-32)15-30-22(8-2)18(4)27(36-30)14-29(21)35-25;;;2*1-2/h7-8,13-16,35,38H,1-2,9-12H2,3-6H3,(H,39,40)(H,41,42);;;;/q;2*+2;2*-1/p-2. The number of hydrogen-bond acceptors (Lipinski definition) is 10. The molecule has 0 atom stereocenters. The van der Waals surface area contributed by atoms with E-state index in [9.17, 15) is 19.8 Å². The summed E-state index contributed by atoms with van der Waals surface area (Å²) >= 11 is 5.11. The minimum absolute atomic E-state index is 0.145. The van der Waals surface area contributed by atoms with Crippen LogP contribution < -0.4 is 10.2 Å². The number of rotatable bonds is 8. The zero-order valence-corrected chi connectivity index (χ0v) is 28.9. The quantitative estimate of drug-likeness (QED) is 0.231. The van der Waals surface area contributed by atoms with E-state index in [4.69, 9.17) is 19.8 Å².